The van der Waals surface area contributed by atoms with Crippen LogP contribution in [0.1, 0.15) is 29.5 Å². The first kappa shape index (κ1) is 25.6. The highest BCUT2D eigenvalue weighted by molar-refractivity contribution is 9.10. The van der Waals surface area contributed by atoms with Crippen molar-refractivity contribution in [3.8, 4) is 0 Å². The minimum Gasteiger partial charge on any atom is -0.452 e. The molecular formula is C28H26Br2FNO3. The second-order valence-corrected chi connectivity index (χ2v) is 10.5. The maximum absolute atomic E-state index is 14.5. The largest absolute Gasteiger partial charge is 0.452 e. The number of esters is 1. The first-order chi connectivity index (χ1) is 16.8. The molecule has 182 valence electrons. The molecule has 3 aromatic rings. The molecular weight excluding hydrogens is 577 g/mol. The lowest BCUT2D eigenvalue weighted by atomic mass is 9.92. The van der Waals surface area contributed by atoms with E-state index in [9.17, 15) is 14.0 Å². The van der Waals surface area contributed by atoms with Crippen molar-refractivity contribution in [3.05, 3.63) is 98.2 Å². The third kappa shape index (κ3) is 6.19. The SMILES string of the molecule is Cc1ccc(F)c(N2CCCC(OC(=O)C(Cc3ccccc3Br)Cc3ccccc3Br)C2=O)c1. The number of rotatable bonds is 7. The van der Waals surface area contributed by atoms with Crippen molar-refractivity contribution in [2.45, 2.75) is 38.7 Å². The van der Waals surface area contributed by atoms with E-state index in [4.69, 9.17) is 4.74 Å². The number of benzene rings is 3. The molecule has 0 aliphatic carbocycles. The summed E-state index contributed by atoms with van der Waals surface area (Å²) in [6, 6.07) is 20.2. The zero-order valence-electron chi connectivity index (χ0n) is 19.3. The van der Waals surface area contributed by atoms with Crippen molar-refractivity contribution in [1.82, 2.24) is 0 Å². The molecule has 1 atom stereocenters. The van der Waals surface area contributed by atoms with E-state index in [-0.39, 0.29) is 11.6 Å². The molecule has 0 spiro atoms. The highest BCUT2D eigenvalue weighted by Gasteiger charge is 2.35. The quantitative estimate of drug-likeness (QED) is 0.279. The Hall–Kier alpha value is -2.51. The summed E-state index contributed by atoms with van der Waals surface area (Å²) in [5.41, 5.74) is 3.06. The van der Waals surface area contributed by atoms with Gasteiger partial charge >= 0.3 is 5.97 Å². The Morgan fingerprint density at radius 3 is 2.23 bits per heavy atom. The van der Waals surface area contributed by atoms with Gasteiger partial charge in [-0.05, 0) is 73.6 Å². The van der Waals surface area contributed by atoms with Crippen molar-refractivity contribution in [3.63, 3.8) is 0 Å². The summed E-state index contributed by atoms with van der Waals surface area (Å²) in [6.45, 7) is 2.24. The number of piperidine rings is 1. The van der Waals surface area contributed by atoms with Crippen LogP contribution in [0.25, 0.3) is 0 Å². The van der Waals surface area contributed by atoms with Gasteiger partial charge in [-0.3, -0.25) is 9.59 Å². The van der Waals surface area contributed by atoms with Crippen LogP contribution in [0, 0.1) is 18.7 Å². The average Bonchev–Trinajstić information content (AvgIpc) is 2.84. The molecule has 0 saturated carbocycles. The number of anilines is 1. The Bertz CT molecular complexity index is 1180. The van der Waals surface area contributed by atoms with Crippen LogP contribution in [0.2, 0.25) is 0 Å². The molecule has 0 aromatic heterocycles. The van der Waals surface area contributed by atoms with E-state index in [1.165, 1.54) is 11.0 Å². The lowest BCUT2D eigenvalue weighted by Gasteiger charge is -2.33. The fourth-order valence-corrected chi connectivity index (χ4v) is 5.25. The summed E-state index contributed by atoms with van der Waals surface area (Å²) < 4.78 is 22.2. The van der Waals surface area contributed by atoms with Gasteiger partial charge in [0, 0.05) is 15.5 Å². The van der Waals surface area contributed by atoms with Crippen LogP contribution in [-0.4, -0.2) is 24.5 Å². The monoisotopic (exact) mass is 601 g/mol. The second-order valence-electron chi connectivity index (χ2n) is 8.80. The van der Waals surface area contributed by atoms with E-state index in [2.05, 4.69) is 31.9 Å². The van der Waals surface area contributed by atoms with Crippen LogP contribution < -0.4 is 4.90 Å². The number of aryl methyl sites for hydroxylation is 1. The third-order valence-corrected chi connectivity index (χ3v) is 7.77. The van der Waals surface area contributed by atoms with E-state index in [0.717, 1.165) is 25.6 Å². The molecule has 1 aliphatic rings. The molecule has 35 heavy (non-hydrogen) atoms. The molecule has 1 amide bonds. The number of halogens is 3. The molecule has 1 aliphatic heterocycles. The standard InChI is InChI=1S/C28H26Br2FNO3/c1-18-12-13-24(31)25(15-18)32-14-6-11-26(27(32)33)35-28(34)21(16-19-7-2-4-9-22(19)29)17-20-8-3-5-10-23(20)30/h2-5,7-10,12-13,15,21,26H,6,11,14,16-17H2,1H3. The minimum atomic E-state index is -0.933. The molecule has 1 saturated heterocycles. The molecule has 1 unspecified atom stereocenters. The van der Waals surface area contributed by atoms with Gasteiger partial charge in [0.15, 0.2) is 6.10 Å². The number of amides is 1. The fraction of sp³-hybridized carbons (Fsp3) is 0.286. The summed E-state index contributed by atoms with van der Waals surface area (Å²) in [4.78, 5) is 28.1. The zero-order chi connectivity index (χ0) is 24.9. The van der Waals surface area contributed by atoms with Crippen LogP contribution in [0.5, 0.6) is 0 Å². The highest BCUT2D eigenvalue weighted by Crippen LogP contribution is 2.29. The van der Waals surface area contributed by atoms with Crippen molar-refractivity contribution in [2.24, 2.45) is 5.92 Å². The highest BCUT2D eigenvalue weighted by atomic mass is 79.9. The van der Waals surface area contributed by atoms with Crippen LogP contribution in [0.4, 0.5) is 10.1 Å². The van der Waals surface area contributed by atoms with Gasteiger partial charge in [0.25, 0.3) is 5.91 Å². The number of carbonyl (C=O) groups is 2. The number of nitrogens with zero attached hydrogens (tertiary/aromatic N) is 1. The molecule has 1 fully saturated rings. The molecule has 3 aromatic carbocycles. The molecule has 4 rings (SSSR count). The van der Waals surface area contributed by atoms with Gasteiger partial charge in [0.1, 0.15) is 5.82 Å². The van der Waals surface area contributed by atoms with E-state index in [0.29, 0.717) is 32.2 Å². The van der Waals surface area contributed by atoms with E-state index in [1.807, 2.05) is 55.5 Å². The number of hydrogen-bond donors (Lipinski definition) is 0. The van der Waals surface area contributed by atoms with E-state index >= 15 is 0 Å². The summed E-state index contributed by atoms with van der Waals surface area (Å²) in [6.07, 6.45) is 1.02. The van der Waals surface area contributed by atoms with Crippen molar-refractivity contribution < 1.29 is 18.7 Å². The van der Waals surface area contributed by atoms with Crippen molar-refractivity contribution in [1.29, 1.82) is 0 Å². The first-order valence-corrected chi connectivity index (χ1v) is 13.2. The summed E-state index contributed by atoms with van der Waals surface area (Å²) in [5, 5.41) is 0. The maximum Gasteiger partial charge on any atom is 0.310 e. The predicted octanol–water partition coefficient (Wildman–Crippen LogP) is 6.80. The van der Waals surface area contributed by atoms with Crippen molar-refractivity contribution in [2.75, 3.05) is 11.4 Å². The van der Waals surface area contributed by atoms with Gasteiger partial charge in [-0.1, -0.05) is 74.3 Å². The number of ether oxygens (including phenoxy) is 1. The molecule has 0 N–H and O–H groups in total. The molecule has 4 nitrogen and oxygen atoms in total. The van der Waals surface area contributed by atoms with Crippen LogP contribution in [0.15, 0.2) is 75.7 Å². The van der Waals surface area contributed by atoms with Gasteiger partial charge < -0.3 is 9.64 Å². The smallest absolute Gasteiger partial charge is 0.310 e. The summed E-state index contributed by atoms with van der Waals surface area (Å²) in [5.74, 6) is -1.76. The van der Waals surface area contributed by atoms with Gasteiger partial charge in [0.2, 0.25) is 0 Å². The Kier molecular flexibility index (Phi) is 8.39. The molecule has 1 heterocycles. The van der Waals surface area contributed by atoms with Crippen LogP contribution in [-0.2, 0) is 27.2 Å². The predicted molar refractivity (Wildman–Crippen MR) is 142 cm³/mol. The number of carbonyl (C=O) groups excluding carboxylic acids is 2. The average molecular weight is 603 g/mol. The summed E-state index contributed by atoms with van der Waals surface area (Å²) >= 11 is 7.14. The van der Waals surface area contributed by atoms with Gasteiger partial charge in [0.05, 0.1) is 11.6 Å². The number of hydrogen-bond acceptors (Lipinski definition) is 3. The molecule has 7 heteroatoms. The zero-order valence-corrected chi connectivity index (χ0v) is 22.5. The van der Waals surface area contributed by atoms with Gasteiger partial charge in [-0.2, -0.15) is 0 Å². The lowest BCUT2D eigenvalue weighted by Crippen LogP contribution is -2.47. The topological polar surface area (TPSA) is 46.6 Å². The fourth-order valence-electron chi connectivity index (χ4n) is 4.35. The lowest BCUT2D eigenvalue weighted by molar-refractivity contribution is -0.160. The molecule has 0 radical (unpaired) electrons. The van der Waals surface area contributed by atoms with Crippen LogP contribution >= 0.6 is 31.9 Å². The van der Waals surface area contributed by atoms with Crippen LogP contribution in [0.3, 0.4) is 0 Å². The summed E-state index contributed by atoms with van der Waals surface area (Å²) in [7, 11) is 0. The third-order valence-electron chi connectivity index (χ3n) is 6.22. The Balaban J connectivity index is 1.55. The van der Waals surface area contributed by atoms with E-state index < -0.39 is 23.8 Å². The normalized spacial score (nSPS) is 16.0. The Morgan fingerprint density at radius 2 is 1.63 bits per heavy atom. The Labute approximate surface area is 221 Å². The van der Waals surface area contributed by atoms with Gasteiger partial charge in [-0.15, -0.1) is 0 Å². The minimum absolute atomic E-state index is 0.230. The maximum atomic E-state index is 14.5. The second kappa shape index (κ2) is 11.5. The first-order valence-electron chi connectivity index (χ1n) is 11.6. The van der Waals surface area contributed by atoms with E-state index in [1.54, 1.807) is 12.1 Å². The van der Waals surface area contributed by atoms with Crippen molar-refractivity contribution >= 4 is 49.4 Å². The Morgan fingerprint density at radius 1 is 1.03 bits per heavy atom. The van der Waals surface area contributed by atoms with Gasteiger partial charge in [-0.25, -0.2) is 4.39 Å². The molecule has 0 bridgehead atoms.